The van der Waals surface area contributed by atoms with Gasteiger partial charge in [-0.1, -0.05) is 30.3 Å². The molecule has 0 fully saturated rings. The third kappa shape index (κ3) is 2.36. The predicted octanol–water partition coefficient (Wildman–Crippen LogP) is 2.83. The maximum Gasteiger partial charge on any atom is 0.271 e. The molecule has 5 nitrogen and oxygen atoms in total. The lowest BCUT2D eigenvalue weighted by molar-refractivity contribution is 0.0993. The van der Waals surface area contributed by atoms with E-state index in [0.29, 0.717) is 22.3 Å². The molecule has 0 aliphatic heterocycles. The van der Waals surface area contributed by atoms with Crippen molar-refractivity contribution in [3.05, 3.63) is 60.4 Å². The first-order valence-corrected chi connectivity index (χ1v) is 6.30. The third-order valence-corrected chi connectivity index (χ3v) is 3.07. The number of hydrogen-bond acceptors (Lipinski definition) is 4. The molecule has 2 aromatic carbocycles. The van der Waals surface area contributed by atoms with Crippen LogP contribution in [0, 0.1) is 0 Å². The molecule has 1 aromatic heterocycles. The molecule has 3 N–H and O–H groups in total. The highest BCUT2D eigenvalue weighted by atomic mass is 16.5. The van der Waals surface area contributed by atoms with Crippen LogP contribution in [-0.4, -0.2) is 16.0 Å². The Balaban J connectivity index is 2.13. The molecule has 5 heteroatoms. The number of nitrogens with zero attached hydrogens (tertiary/aromatic N) is 1. The lowest BCUT2D eigenvalue weighted by Crippen LogP contribution is -2.13. The quantitative estimate of drug-likeness (QED) is 0.772. The summed E-state index contributed by atoms with van der Waals surface area (Å²) in [6.07, 6.45) is 1.47. The Morgan fingerprint density at radius 2 is 1.81 bits per heavy atom. The Labute approximate surface area is 120 Å². The summed E-state index contributed by atoms with van der Waals surface area (Å²) in [7, 11) is 0. The zero-order valence-electron chi connectivity index (χ0n) is 11.0. The summed E-state index contributed by atoms with van der Waals surface area (Å²) in [4.78, 5) is 15.1. The summed E-state index contributed by atoms with van der Waals surface area (Å²) in [5, 5.41) is 11.2. The van der Waals surface area contributed by atoms with E-state index in [9.17, 15) is 9.90 Å². The molecule has 1 heterocycles. The lowest BCUT2D eigenvalue weighted by Gasteiger charge is -2.10. The van der Waals surface area contributed by atoms with Crippen LogP contribution in [-0.2, 0) is 0 Å². The zero-order chi connectivity index (χ0) is 14.8. The number of primary amides is 1. The third-order valence-electron chi connectivity index (χ3n) is 3.07. The van der Waals surface area contributed by atoms with Crippen molar-refractivity contribution >= 4 is 16.7 Å². The first-order valence-electron chi connectivity index (χ1n) is 6.30. The zero-order valence-corrected chi connectivity index (χ0v) is 11.0. The van der Waals surface area contributed by atoms with Crippen molar-refractivity contribution in [1.29, 1.82) is 0 Å². The van der Waals surface area contributed by atoms with E-state index in [4.69, 9.17) is 10.5 Å². The molecule has 3 rings (SSSR count). The van der Waals surface area contributed by atoms with E-state index in [1.54, 1.807) is 18.2 Å². The van der Waals surface area contributed by atoms with Crippen molar-refractivity contribution in [3.8, 4) is 17.2 Å². The second kappa shape index (κ2) is 5.13. The average Bonchev–Trinajstić information content (AvgIpc) is 2.49. The topological polar surface area (TPSA) is 85.4 Å². The number of fused-ring (bicyclic) bond motifs is 1. The summed E-state index contributed by atoms with van der Waals surface area (Å²) in [5.41, 5.74) is 5.02. The number of aromatic nitrogens is 1. The van der Waals surface area contributed by atoms with Gasteiger partial charge in [-0.05, 0) is 18.2 Å². The molecule has 104 valence electrons. The van der Waals surface area contributed by atoms with Crippen LogP contribution in [0.3, 0.4) is 0 Å². The molecular weight excluding hydrogens is 268 g/mol. The van der Waals surface area contributed by atoms with E-state index in [0.717, 1.165) is 0 Å². The van der Waals surface area contributed by atoms with Crippen molar-refractivity contribution in [3.63, 3.8) is 0 Å². The maximum absolute atomic E-state index is 11.2. The molecule has 0 spiro atoms. The van der Waals surface area contributed by atoms with Gasteiger partial charge in [-0.25, -0.2) is 4.98 Å². The van der Waals surface area contributed by atoms with Crippen molar-refractivity contribution in [2.24, 2.45) is 5.73 Å². The lowest BCUT2D eigenvalue weighted by atomic mass is 10.1. The molecule has 0 atom stereocenters. The number of aromatic hydroxyl groups is 1. The summed E-state index contributed by atoms with van der Waals surface area (Å²) >= 11 is 0. The van der Waals surface area contributed by atoms with Gasteiger partial charge in [0.05, 0.1) is 0 Å². The van der Waals surface area contributed by atoms with Gasteiger partial charge in [0.1, 0.15) is 11.5 Å². The average molecular weight is 280 g/mol. The largest absolute Gasteiger partial charge is 0.505 e. The number of hydrogen-bond donors (Lipinski definition) is 2. The number of para-hydroxylation sites is 1. The number of carbonyl (C=O) groups is 1. The summed E-state index contributed by atoms with van der Waals surface area (Å²) in [5.74, 6) is 0.197. The number of ether oxygens (including phenoxy) is 1. The van der Waals surface area contributed by atoms with Crippen LogP contribution in [0.2, 0.25) is 0 Å². The summed E-state index contributed by atoms with van der Waals surface area (Å²) in [6.45, 7) is 0. The van der Waals surface area contributed by atoms with Crippen LogP contribution in [0.4, 0.5) is 0 Å². The van der Waals surface area contributed by atoms with Gasteiger partial charge in [0.2, 0.25) is 0 Å². The minimum absolute atomic E-state index is 0.153. The Hall–Kier alpha value is -3.08. The van der Waals surface area contributed by atoms with Gasteiger partial charge < -0.3 is 15.6 Å². The number of amides is 1. The minimum Gasteiger partial charge on any atom is -0.505 e. The normalized spacial score (nSPS) is 10.5. The molecule has 3 aromatic rings. The molecule has 0 aliphatic rings. The number of pyridine rings is 1. The van der Waals surface area contributed by atoms with E-state index < -0.39 is 5.91 Å². The van der Waals surface area contributed by atoms with E-state index in [-0.39, 0.29) is 11.4 Å². The number of carbonyl (C=O) groups excluding carboxylic acids is 1. The fourth-order valence-corrected chi connectivity index (χ4v) is 2.09. The fourth-order valence-electron chi connectivity index (χ4n) is 2.09. The Morgan fingerprint density at radius 3 is 2.52 bits per heavy atom. The van der Waals surface area contributed by atoms with Gasteiger partial charge >= 0.3 is 0 Å². The highest BCUT2D eigenvalue weighted by Gasteiger charge is 2.15. The van der Waals surface area contributed by atoms with E-state index in [1.165, 1.54) is 6.20 Å². The monoisotopic (exact) mass is 280 g/mol. The van der Waals surface area contributed by atoms with Crippen molar-refractivity contribution < 1.29 is 14.6 Å². The first-order chi connectivity index (χ1) is 10.2. The van der Waals surface area contributed by atoms with E-state index in [1.807, 2.05) is 30.3 Å². The van der Waals surface area contributed by atoms with Gasteiger partial charge in [0.15, 0.2) is 11.4 Å². The van der Waals surface area contributed by atoms with Crippen LogP contribution in [0.5, 0.6) is 17.2 Å². The molecular formula is C16H12N2O3. The Morgan fingerprint density at radius 1 is 1.05 bits per heavy atom. The predicted molar refractivity (Wildman–Crippen MR) is 78.4 cm³/mol. The highest BCUT2D eigenvalue weighted by Crippen LogP contribution is 2.34. The molecule has 0 unspecified atom stereocenters. The van der Waals surface area contributed by atoms with Crippen LogP contribution in [0.25, 0.3) is 10.8 Å². The van der Waals surface area contributed by atoms with Gasteiger partial charge in [0, 0.05) is 17.0 Å². The maximum atomic E-state index is 11.2. The standard InChI is InChI=1S/C16H12N2O3/c17-16(20)14-15(19)11-7-4-8-13(12(11)9-18-14)21-10-5-2-1-3-6-10/h1-9,19H,(H2,17,20). The molecule has 1 amide bonds. The van der Waals surface area contributed by atoms with Crippen LogP contribution in [0.1, 0.15) is 10.5 Å². The molecule has 0 bridgehead atoms. The second-order valence-electron chi connectivity index (χ2n) is 4.45. The van der Waals surface area contributed by atoms with Crippen molar-refractivity contribution in [2.75, 3.05) is 0 Å². The number of rotatable bonds is 3. The smallest absolute Gasteiger partial charge is 0.271 e. The molecule has 0 aliphatic carbocycles. The van der Waals surface area contributed by atoms with Crippen molar-refractivity contribution in [2.45, 2.75) is 0 Å². The minimum atomic E-state index is -0.774. The van der Waals surface area contributed by atoms with Gasteiger partial charge in [-0.2, -0.15) is 0 Å². The molecule has 0 saturated heterocycles. The highest BCUT2D eigenvalue weighted by molar-refractivity contribution is 6.02. The van der Waals surface area contributed by atoms with Crippen molar-refractivity contribution in [1.82, 2.24) is 4.98 Å². The summed E-state index contributed by atoms with van der Waals surface area (Å²) in [6, 6.07) is 14.4. The van der Waals surface area contributed by atoms with Crippen LogP contribution >= 0.6 is 0 Å². The molecule has 0 radical (unpaired) electrons. The van der Waals surface area contributed by atoms with Crippen LogP contribution < -0.4 is 10.5 Å². The van der Waals surface area contributed by atoms with Gasteiger partial charge in [-0.3, -0.25) is 4.79 Å². The number of benzene rings is 2. The molecule has 21 heavy (non-hydrogen) atoms. The molecule has 0 saturated carbocycles. The van der Waals surface area contributed by atoms with Crippen LogP contribution in [0.15, 0.2) is 54.7 Å². The Bertz CT molecular complexity index is 816. The Kier molecular flexibility index (Phi) is 3.16. The first kappa shape index (κ1) is 12.9. The van der Waals surface area contributed by atoms with E-state index >= 15 is 0 Å². The van der Waals surface area contributed by atoms with Gasteiger partial charge in [-0.15, -0.1) is 0 Å². The number of nitrogens with two attached hydrogens (primary N) is 1. The fraction of sp³-hybridized carbons (Fsp3) is 0. The van der Waals surface area contributed by atoms with E-state index in [2.05, 4.69) is 4.98 Å². The summed E-state index contributed by atoms with van der Waals surface area (Å²) < 4.78 is 5.78. The SMILES string of the molecule is NC(=O)c1ncc2c(Oc3ccccc3)cccc2c1O. The van der Waals surface area contributed by atoms with Gasteiger partial charge in [0.25, 0.3) is 5.91 Å². The second-order valence-corrected chi connectivity index (χ2v) is 4.45.